The van der Waals surface area contributed by atoms with Gasteiger partial charge in [-0.25, -0.2) is 4.99 Å². The normalized spacial score (nSPS) is 15.1. The van der Waals surface area contributed by atoms with E-state index >= 15 is 0 Å². The zero-order valence-electron chi connectivity index (χ0n) is 19.2. The number of hydrogen-bond donors (Lipinski definition) is 1. The molecule has 36 heavy (non-hydrogen) atoms. The summed E-state index contributed by atoms with van der Waals surface area (Å²) in [4.78, 5) is 27.9. The number of non-ortho nitro benzene ring substituents is 1. The fourth-order valence-electron chi connectivity index (χ4n) is 3.24. The second-order valence-electron chi connectivity index (χ2n) is 7.43. The molecule has 0 bridgehead atoms. The number of hydrogen-bond acceptors (Lipinski definition) is 8. The molecular weight excluding hydrogens is 597 g/mol. The lowest BCUT2D eigenvalue weighted by Gasteiger charge is -2.14. The molecule has 9 nitrogen and oxygen atoms in total. The van der Waals surface area contributed by atoms with Crippen molar-refractivity contribution in [1.29, 1.82) is 0 Å². The van der Waals surface area contributed by atoms with E-state index in [2.05, 4.69) is 32.9 Å². The summed E-state index contributed by atoms with van der Waals surface area (Å²) >= 11 is 3.39. The minimum Gasteiger partial charge on any atom is -0.497 e. The number of nitro benzene ring substituents is 1. The minimum atomic E-state index is -0.444. The number of amides is 1. The van der Waals surface area contributed by atoms with Crippen molar-refractivity contribution in [3.05, 3.63) is 90.4 Å². The van der Waals surface area contributed by atoms with Gasteiger partial charge < -0.3 is 19.5 Å². The highest BCUT2D eigenvalue weighted by Gasteiger charge is 2.24. The first-order valence-corrected chi connectivity index (χ1v) is 12.4. The van der Waals surface area contributed by atoms with Crippen LogP contribution in [0.25, 0.3) is 6.08 Å². The first-order valence-electron chi connectivity index (χ1n) is 10.5. The lowest BCUT2D eigenvalue weighted by Crippen LogP contribution is -2.19. The molecule has 11 heteroatoms. The fourth-order valence-corrected chi connectivity index (χ4v) is 4.86. The summed E-state index contributed by atoms with van der Waals surface area (Å²) < 4.78 is 17.4. The monoisotopic (exact) mass is 617 g/mol. The average molecular weight is 617 g/mol. The number of ether oxygens (including phenoxy) is 3. The lowest BCUT2D eigenvalue weighted by atomic mass is 10.1. The van der Waals surface area contributed by atoms with E-state index in [1.807, 2.05) is 18.2 Å². The molecule has 4 rings (SSSR count). The number of nitro groups is 1. The lowest BCUT2D eigenvalue weighted by molar-refractivity contribution is -0.384. The molecule has 0 atom stereocenters. The number of carbonyl (C=O) groups is 1. The van der Waals surface area contributed by atoms with E-state index in [1.165, 1.54) is 31.0 Å². The van der Waals surface area contributed by atoms with Gasteiger partial charge in [0.25, 0.3) is 11.6 Å². The molecule has 184 valence electrons. The van der Waals surface area contributed by atoms with Crippen LogP contribution < -0.4 is 19.5 Å². The van der Waals surface area contributed by atoms with Crippen molar-refractivity contribution in [3.63, 3.8) is 0 Å². The third-order valence-corrected chi connectivity index (χ3v) is 6.74. The molecule has 1 N–H and O–H groups in total. The molecule has 0 aromatic heterocycles. The molecule has 1 amide bonds. The quantitative estimate of drug-likeness (QED) is 0.150. The Morgan fingerprint density at radius 2 is 1.81 bits per heavy atom. The second kappa shape index (κ2) is 11.4. The van der Waals surface area contributed by atoms with Gasteiger partial charge in [-0.2, -0.15) is 0 Å². The zero-order chi connectivity index (χ0) is 25.7. The van der Waals surface area contributed by atoms with Crippen LogP contribution in [0.4, 0.5) is 11.4 Å². The predicted octanol–water partition coefficient (Wildman–Crippen LogP) is 5.69. The molecule has 0 saturated carbocycles. The van der Waals surface area contributed by atoms with Crippen molar-refractivity contribution in [2.45, 2.75) is 6.61 Å². The van der Waals surface area contributed by atoms with Crippen molar-refractivity contribution in [3.8, 4) is 17.2 Å². The van der Waals surface area contributed by atoms with Crippen molar-refractivity contribution in [2.75, 3.05) is 14.2 Å². The highest BCUT2D eigenvalue weighted by molar-refractivity contribution is 14.1. The minimum absolute atomic E-state index is 0.0225. The largest absolute Gasteiger partial charge is 0.497 e. The predicted molar refractivity (Wildman–Crippen MR) is 147 cm³/mol. The maximum Gasteiger partial charge on any atom is 0.269 e. The standard InChI is InChI=1S/C25H20IN3O6S/c1-33-19-9-5-17(6-10-19)27-25-28-24(30)22(36-25)13-16-11-20(26)23(21(12-16)34-2)35-14-15-3-7-18(8-4-15)29(31)32/h3-13H,14H2,1-2H3,(H,27,28,30)/b22-13+. The van der Waals surface area contributed by atoms with E-state index in [0.717, 1.165) is 20.4 Å². The highest BCUT2D eigenvalue weighted by atomic mass is 127. The van der Waals surface area contributed by atoms with Gasteiger partial charge >= 0.3 is 0 Å². The molecule has 3 aromatic carbocycles. The number of carbonyl (C=O) groups excluding carboxylic acids is 1. The van der Waals surface area contributed by atoms with Gasteiger partial charge in [0.05, 0.1) is 33.3 Å². The Kier molecular flexibility index (Phi) is 8.10. The molecular formula is C25H20IN3O6S. The van der Waals surface area contributed by atoms with Crippen LogP contribution in [-0.2, 0) is 11.4 Å². The van der Waals surface area contributed by atoms with Gasteiger partial charge in [-0.15, -0.1) is 0 Å². The summed E-state index contributed by atoms with van der Waals surface area (Å²) in [6, 6.07) is 17.1. The van der Waals surface area contributed by atoms with Crippen LogP contribution in [0.3, 0.4) is 0 Å². The molecule has 0 unspecified atom stereocenters. The third-order valence-electron chi connectivity index (χ3n) is 5.03. The Labute approximate surface area is 224 Å². The summed E-state index contributed by atoms with van der Waals surface area (Å²) in [7, 11) is 3.14. The molecule has 1 aliphatic rings. The number of thioether (sulfide) groups is 1. The first kappa shape index (κ1) is 25.5. The number of amidine groups is 1. The molecule has 0 aliphatic carbocycles. The van der Waals surface area contributed by atoms with Crippen molar-refractivity contribution < 1.29 is 23.9 Å². The van der Waals surface area contributed by atoms with E-state index in [4.69, 9.17) is 14.2 Å². The first-order chi connectivity index (χ1) is 17.4. The Bertz CT molecular complexity index is 1360. The molecule has 1 heterocycles. The Balaban J connectivity index is 1.49. The van der Waals surface area contributed by atoms with Crippen LogP contribution in [0.2, 0.25) is 0 Å². The number of nitrogens with one attached hydrogen (secondary N) is 1. The smallest absolute Gasteiger partial charge is 0.269 e. The van der Waals surface area contributed by atoms with Crippen LogP contribution in [0, 0.1) is 13.7 Å². The summed E-state index contributed by atoms with van der Waals surface area (Å²) in [5.74, 6) is 1.54. The van der Waals surface area contributed by atoms with Crippen LogP contribution in [0.1, 0.15) is 11.1 Å². The maximum atomic E-state index is 12.5. The maximum absolute atomic E-state index is 12.5. The van der Waals surface area contributed by atoms with Crippen LogP contribution in [0.15, 0.2) is 70.6 Å². The average Bonchev–Trinajstić information content (AvgIpc) is 3.21. The van der Waals surface area contributed by atoms with E-state index < -0.39 is 4.92 Å². The summed E-state index contributed by atoms with van der Waals surface area (Å²) in [6.45, 7) is 0.217. The third kappa shape index (κ3) is 6.15. The number of rotatable bonds is 8. The number of nitrogens with zero attached hydrogens (tertiary/aromatic N) is 2. The SMILES string of the molecule is COc1ccc(N=C2NC(=O)/C(=C\c3cc(I)c(OCc4ccc([N+](=O)[O-])cc4)c(OC)c3)S2)cc1. The Morgan fingerprint density at radius 3 is 2.44 bits per heavy atom. The van der Waals surface area contributed by atoms with Gasteiger partial charge in [-0.05, 0) is 100 Å². The number of methoxy groups -OCH3 is 2. The van der Waals surface area contributed by atoms with E-state index in [1.54, 1.807) is 43.5 Å². The van der Waals surface area contributed by atoms with Gasteiger partial charge in [0.2, 0.25) is 0 Å². The van der Waals surface area contributed by atoms with Gasteiger partial charge in [-0.3, -0.25) is 14.9 Å². The molecule has 3 aromatic rings. The molecule has 0 radical (unpaired) electrons. The molecule has 0 spiro atoms. The van der Waals surface area contributed by atoms with E-state index in [9.17, 15) is 14.9 Å². The van der Waals surface area contributed by atoms with Crippen LogP contribution in [0.5, 0.6) is 17.2 Å². The topological polar surface area (TPSA) is 112 Å². The second-order valence-corrected chi connectivity index (χ2v) is 9.62. The zero-order valence-corrected chi connectivity index (χ0v) is 22.2. The summed E-state index contributed by atoms with van der Waals surface area (Å²) in [6.07, 6.45) is 1.77. The Morgan fingerprint density at radius 1 is 1.08 bits per heavy atom. The molecule has 1 aliphatic heterocycles. The summed E-state index contributed by atoms with van der Waals surface area (Å²) in [5.41, 5.74) is 2.27. The number of benzene rings is 3. The van der Waals surface area contributed by atoms with Crippen LogP contribution in [-0.4, -0.2) is 30.2 Å². The van der Waals surface area contributed by atoms with Gasteiger partial charge in [0, 0.05) is 12.1 Å². The number of aliphatic imine (C=N–C) groups is 1. The van der Waals surface area contributed by atoms with Crippen molar-refractivity contribution in [2.24, 2.45) is 4.99 Å². The summed E-state index contributed by atoms with van der Waals surface area (Å²) in [5, 5.41) is 14.1. The van der Waals surface area contributed by atoms with Gasteiger partial charge in [-0.1, -0.05) is 0 Å². The Hall–Kier alpha value is -3.58. The molecule has 1 fully saturated rings. The van der Waals surface area contributed by atoms with Gasteiger partial charge in [0.15, 0.2) is 16.7 Å². The highest BCUT2D eigenvalue weighted by Crippen LogP contribution is 2.36. The van der Waals surface area contributed by atoms with E-state index in [0.29, 0.717) is 27.3 Å². The van der Waals surface area contributed by atoms with Crippen LogP contribution >= 0.6 is 34.4 Å². The number of halogens is 1. The molecule has 1 saturated heterocycles. The van der Waals surface area contributed by atoms with E-state index in [-0.39, 0.29) is 18.2 Å². The van der Waals surface area contributed by atoms with Crippen molar-refractivity contribution >= 4 is 62.9 Å². The van der Waals surface area contributed by atoms with Gasteiger partial charge in [0.1, 0.15) is 12.4 Å². The van der Waals surface area contributed by atoms with Crippen molar-refractivity contribution in [1.82, 2.24) is 5.32 Å². The fraction of sp³-hybridized carbons (Fsp3) is 0.120.